The van der Waals surface area contributed by atoms with Crippen LogP contribution in [0, 0.1) is 0 Å². The first kappa shape index (κ1) is 13.8. The summed E-state index contributed by atoms with van der Waals surface area (Å²) >= 11 is 0. The molecule has 0 radical (unpaired) electrons. The van der Waals surface area contributed by atoms with Crippen LogP contribution in [0.3, 0.4) is 0 Å². The van der Waals surface area contributed by atoms with Crippen LogP contribution >= 0.6 is 0 Å². The molecule has 0 aromatic heterocycles. The molecule has 2 aliphatic rings. The number of ether oxygens (including phenoxy) is 1. The highest BCUT2D eigenvalue weighted by molar-refractivity contribution is 6.69. The first-order chi connectivity index (χ1) is 9.46. The van der Waals surface area contributed by atoms with E-state index in [9.17, 15) is 0 Å². The first-order valence-electron chi connectivity index (χ1n) is 7.01. The number of nitrogens with zero attached hydrogens (tertiary/aromatic N) is 1. The molecule has 1 saturated heterocycles. The van der Waals surface area contributed by atoms with Gasteiger partial charge in [-0.2, -0.15) is 0 Å². The summed E-state index contributed by atoms with van der Waals surface area (Å²) in [4.78, 5) is 5.62. The van der Waals surface area contributed by atoms with Gasteiger partial charge in [0.15, 0.2) is 0 Å². The molecule has 0 aliphatic carbocycles. The number of hydrogen-bond acceptors (Lipinski definition) is 4. The van der Waals surface area contributed by atoms with Gasteiger partial charge in [-0.1, -0.05) is 30.3 Å². The Bertz CT molecular complexity index is 512. The van der Waals surface area contributed by atoms with E-state index in [1.54, 1.807) is 11.5 Å². The second-order valence-corrected chi connectivity index (χ2v) is 10.7. The number of benzene rings is 1. The minimum atomic E-state index is -1.72. The minimum absolute atomic E-state index is 0.0131. The molecule has 1 aromatic carbocycles. The Labute approximate surface area is 121 Å². The molecule has 0 saturated carbocycles. The standard InChI is InChI=1S/C15H21NO3Si/c1-11-13-10-17-16(19-20(2,3)4)14(13)15(18-11)12-8-6-5-7-9-12/h5-11,14-15H,1-4H3. The van der Waals surface area contributed by atoms with Crippen LogP contribution in [-0.4, -0.2) is 25.7 Å². The largest absolute Gasteiger partial charge is 0.388 e. The summed E-state index contributed by atoms with van der Waals surface area (Å²) < 4.78 is 12.1. The van der Waals surface area contributed by atoms with E-state index in [0.717, 1.165) is 11.1 Å². The number of rotatable bonds is 3. The molecule has 0 amide bonds. The monoisotopic (exact) mass is 291 g/mol. The molecule has 1 fully saturated rings. The van der Waals surface area contributed by atoms with Gasteiger partial charge in [0.2, 0.25) is 8.32 Å². The van der Waals surface area contributed by atoms with Crippen molar-refractivity contribution in [3.63, 3.8) is 0 Å². The maximum Gasteiger partial charge on any atom is 0.216 e. The first-order valence-corrected chi connectivity index (χ1v) is 10.4. The molecule has 5 heteroatoms. The minimum Gasteiger partial charge on any atom is -0.388 e. The summed E-state index contributed by atoms with van der Waals surface area (Å²) in [6.07, 6.45) is 1.79. The van der Waals surface area contributed by atoms with Crippen molar-refractivity contribution in [1.29, 1.82) is 0 Å². The van der Waals surface area contributed by atoms with E-state index in [1.165, 1.54) is 0 Å². The lowest BCUT2D eigenvalue weighted by atomic mass is 9.99. The fraction of sp³-hybridized carbons (Fsp3) is 0.467. The van der Waals surface area contributed by atoms with Gasteiger partial charge >= 0.3 is 0 Å². The van der Waals surface area contributed by atoms with E-state index in [1.807, 2.05) is 18.2 Å². The van der Waals surface area contributed by atoms with Crippen LogP contribution in [0.5, 0.6) is 0 Å². The van der Waals surface area contributed by atoms with E-state index in [-0.39, 0.29) is 18.2 Å². The summed E-state index contributed by atoms with van der Waals surface area (Å²) in [6, 6.07) is 10.3. The third kappa shape index (κ3) is 2.54. The zero-order valence-electron chi connectivity index (χ0n) is 12.4. The molecule has 3 unspecified atom stereocenters. The van der Waals surface area contributed by atoms with Crippen LogP contribution in [0.4, 0.5) is 0 Å². The molecular weight excluding hydrogens is 270 g/mol. The van der Waals surface area contributed by atoms with Crippen LogP contribution in [0.25, 0.3) is 0 Å². The molecule has 20 heavy (non-hydrogen) atoms. The van der Waals surface area contributed by atoms with Gasteiger partial charge in [-0.25, -0.2) is 0 Å². The topological polar surface area (TPSA) is 30.9 Å². The van der Waals surface area contributed by atoms with E-state index >= 15 is 0 Å². The molecule has 3 rings (SSSR count). The Hall–Kier alpha value is -1.14. The van der Waals surface area contributed by atoms with Crippen molar-refractivity contribution >= 4 is 8.32 Å². The lowest BCUT2D eigenvalue weighted by Crippen LogP contribution is -2.42. The molecule has 0 spiro atoms. The van der Waals surface area contributed by atoms with Gasteiger partial charge in [-0.05, 0) is 37.4 Å². The van der Waals surface area contributed by atoms with Crippen LogP contribution in [0.1, 0.15) is 18.6 Å². The quantitative estimate of drug-likeness (QED) is 0.799. The maximum atomic E-state index is 6.10. The van der Waals surface area contributed by atoms with Crippen LogP contribution in [-0.2, 0) is 14.1 Å². The third-order valence-corrected chi connectivity index (χ3v) is 4.19. The van der Waals surface area contributed by atoms with E-state index in [2.05, 4.69) is 38.7 Å². The molecule has 108 valence electrons. The van der Waals surface area contributed by atoms with E-state index < -0.39 is 8.32 Å². The average molecular weight is 291 g/mol. The van der Waals surface area contributed by atoms with Gasteiger partial charge in [0.1, 0.15) is 18.4 Å². The van der Waals surface area contributed by atoms with Gasteiger partial charge in [0, 0.05) is 5.57 Å². The lowest BCUT2D eigenvalue weighted by Gasteiger charge is -2.30. The molecule has 2 heterocycles. The van der Waals surface area contributed by atoms with Crippen molar-refractivity contribution in [3.8, 4) is 0 Å². The summed E-state index contributed by atoms with van der Waals surface area (Å²) in [5.41, 5.74) is 2.31. The van der Waals surface area contributed by atoms with Crippen molar-refractivity contribution < 1.29 is 14.1 Å². The van der Waals surface area contributed by atoms with Gasteiger partial charge in [-0.15, -0.1) is 0 Å². The lowest BCUT2D eigenvalue weighted by molar-refractivity contribution is -0.305. The number of hydroxylamine groups is 2. The number of fused-ring (bicyclic) bond motifs is 1. The maximum absolute atomic E-state index is 6.10. The molecule has 1 aromatic rings. The second kappa shape index (κ2) is 5.00. The average Bonchev–Trinajstić information content (AvgIpc) is 2.92. The number of hydrogen-bond donors (Lipinski definition) is 0. The van der Waals surface area contributed by atoms with E-state index in [4.69, 9.17) is 14.1 Å². The van der Waals surface area contributed by atoms with Gasteiger partial charge < -0.3 is 14.1 Å². The summed E-state index contributed by atoms with van der Waals surface area (Å²) in [7, 11) is -1.72. The molecule has 4 nitrogen and oxygen atoms in total. The normalized spacial score (nSPS) is 30.0. The zero-order valence-corrected chi connectivity index (χ0v) is 13.4. The molecule has 2 aliphatic heterocycles. The highest BCUT2D eigenvalue weighted by atomic mass is 28.4. The van der Waals surface area contributed by atoms with Crippen molar-refractivity contribution in [2.45, 2.75) is 44.8 Å². The highest BCUT2D eigenvalue weighted by Crippen LogP contribution is 2.43. The fourth-order valence-electron chi connectivity index (χ4n) is 2.62. The van der Waals surface area contributed by atoms with Crippen LogP contribution in [0.15, 0.2) is 42.2 Å². The van der Waals surface area contributed by atoms with Crippen LogP contribution in [0.2, 0.25) is 19.6 Å². The summed E-state index contributed by atoms with van der Waals surface area (Å²) in [5, 5.41) is 1.64. The SMILES string of the molecule is CC1OC(c2ccccc2)C2C1=CON2O[Si](C)(C)C. The molecule has 0 N–H and O–H groups in total. The van der Waals surface area contributed by atoms with Crippen molar-refractivity contribution in [2.24, 2.45) is 0 Å². The fourth-order valence-corrected chi connectivity index (χ4v) is 3.31. The molecule has 3 atom stereocenters. The van der Waals surface area contributed by atoms with Crippen molar-refractivity contribution in [1.82, 2.24) is 5.23 Å². The van der Waals surface area contributed by atoms with Crippen molar-refractivity contribution in [2.75, 3.05) is 0 Å². The van der Waals surface area contributed by atoms with Crippen molar-refractivity contribution in [3.05, 3.63) is 47.7 Å². The second-order valence-electron chi connectivity index (χ2n) is 6.27. The molecular formula is C15H21NO3Si. The summed E-state index contributed by atoms with van der Waals surface area (Å²) in [5.74, 6) is 0. The van der Waals surface area contributed by atoms with Gasteiger partial charge in [0.25, 0.3) is 0 Å². The Morgan fingerprint density at radius 1 is 1.15 bits per heavy atom. The van der Waals surface area contributed by atoms with E-state index in [0.29, 0.717) is 0 Å². The Kier molecular flexibility index (Phi) is 3.46. The highest BCUT2D eigenvalue weighted by Gasteiger charge is 2.48. The van der Waals surface area contributed by atoms with Gasteiger partial charge in [-0.3, -0.25) is 0 Å². The van der Waals surface area contributed by atoms with Crippen LogP contribution < -0.4 is 0 Å². The summed E-state index contributed by atoms with van der Waals surface area (Å²) in [6.45, 7) is 8.49. The third-order valence-electron chi connectivity index (χ3n) is 3.46. The predicted molar refractivity (Wildman–Crippen MR) is 79.0 cm³/mol. The molecule has 0 bridgehead atoms. The van der Waals surface area contributed by atoms with Gasteiger partial charge in [0.05, 0.1) is 6.10 Å². The smallest absolute Gasteiger partial charge is 0.216 e. The Morgan fingerprint density at radius 3 is 2.50 bits per heavy atom. The predicted octanol–water partition coefficient (Wildman–Crippen LogP) is 3.41. The Morgan fingerprint density at radius 2 is 1.85 bits per heavy atom. The Balaban J connectivity index is 1.87. The zero-order chi connectivity index (χ0) is 14.3.